The average molecular weight is 448 g/mol. The van der Waals surface area contributed by atoms with Crippen LogP contribution >= 0.6 is 23.8 Å². The van der Waals surface area contributed by atoms with Crippen molar-refractivity contribution in [1.82, 2.24) is 15.5 Å². The molecule has 2 aromatic carbocycles. The van der Waals surface area contributed by atoms with Crippen LogP contribution in [0.3, 0.4) is 0 Å². The number of hydrogen-bond donors (Lipinski definition) is 3. The Morgan fingerprint density at radius 1 is 0.966 bits per heavy atom. The van der Waals surface area contributed by atoms with Gasteiger partial charge in [-0.25, -0.2) is 8.42 Å². The number of hydrogen-bond acceptors (Lipinski definition) is 5. The number of anilines is 2. The molecule has 150 valence electrons. The molecule has 0 unspecified atom stereocenters. The molecule has 0 spiro atoms. The highest BCUT2D eigenvalue weighted by Crippen LogP contribution is 2.17. The fraction of sp³-hybridized carbons (Fsp3) is 0.105. The lowest BCUT2D eigenvalue weighted by Gasteiger charge is -2.11. The standard InChI is InChI=1S/C19H18ClN5O2S2/c20-17-10-11-18(24-23-17)25-29(26,27)16-8-6-15(7-9-16)22-19(28)21-13-12-14-4-2-1-3-5-14/h1-11H,12-13H2,(H,24,25)(H2,21,22,28). The summed E-state index contributed by atoms with van der Waals surface area (Å²) in [4.78, 5) is 0.0859. The second kappa shape index (κ2) is 9.64. The van der Waals surface area contributed by atoms with Gasteiger partial charge in [-0.2, -0.15) is 0 Å². The topological polar surface area (TPSA) is 96.0 Å². The van der Waals surface area contributed by atoms with Gasteiger partial charge >= 0.3 is 0 Å². The van der Waals surface area contributed by atoms with Gasteiger partial charge in [0.15, 0.2) is 16.1 Å². The highest BCUT2D eigenvalue weighted by atomic mass is 35.5. The predicted molar refractivity (Wildman–Crippen MR) is 119 cm³/mol. The molecule has 3 rings (SSSR count). The van der Waals surface area contributed by atoms with Crippen LogP contribution in [-0.4, -0.2) is 30.3 Å². The van der Waals surface area contributed by atoms with Gasteiger partial charge in [0.25, 0.3) is 10.0 Å². The summed E-state index contributed by atoms with van der Waals surface area (Å²) >= 11 is 10.9. The Kier molecular flexibility index (Phi) is 6.97. The van der Waals surface area contributed by atoms with Gasteiger partial charge in [0.2, 0.25) is 0 Å². The Morgan fingerprint density at radius 2 is 1.69 bits per heavy atom. The third kappa shape index (κ3) is 6.38. The van der Waals surface area contributed by atoms with E-state index >= 15 is 0 Å². The molecule has 0 amide bonds. The third-order valence-corrected chi connectivity index (χ3v) is 5.65. The molecular formula is C19H18ClN5O2S2. The van der Waals surface area contributed by atoms with Gasteiger partial charge in [0.1, 0.15) is 0 Å². The summed E-state index contributed by atoms with van der Waals surface area (Å²) in [6.45, 7) is 0.689. The molecular weight excluding hydrogens is 430 g/mol. The number of benzene rings is 2. The lowest BCUT2D eigenvalue weighted by Crippen LogP contribution is -2.30. The molecule has 10 heteroatoms. The van der Waals surface area contributed by atoms with Gasteiger partial charge in [-0.15, -0.1) is 10.2 Å². The van der Waals surface area contributed by atoms with E-state index in [4.69, 9.17) is 23.8 Å². The Balaban J connectivity index is 1.53. The molecule has 0 fully saturated rings. The fourth-order valence-corrected chi connectivity index (χ4v) is 3.74. The molecule has 0 aliphatic rings. The van der Waals surface area contributed by atoms with Crippen LogP contribution in [0.1, 0.15) is 5.56 Å². The lowest BCUT2D eigenvalue weighted by atomic mass is 10.1. The number of sulfonamides is 1. The molecule has 3 N–H and O–H groups in total. The van der Waals surface area contributed by atoms with Crippen LogP contribution in [0.15, 0.2) is 71.6 Å². The number of nitrogens with one attached hydrogen (secondary N) is 3. The third-order valence-electron chi connectivity index (χ3n) is 3.84. The normalized spacial score (nSPS) is 10.9. The Morgan fingerprint density at radius 3 is 2.34 bits per heavy atom. The van der Waals surface area contributed by atoms with Crippen LogP contribution in [0.4, 0.5) is 11.5 Å². The number of halogens is 1. The van der Waals surface area contributed by atoms with E-state index in [0.29, 0.717) is 17.3 Å². The van der Waals surface area contributed by atoms with Crippen LogP contribution in [-0.2, 0) is 16.4 Å². The molecule has 0 saturated heterocycles. The lowest BCUT2D eigenvalue weighted by molar-refractivity contribution is 0.601. The molecule has 1 heterocycles. The van der Waals surface area contributed by atoms with Crippen molar-refractivity contribution in [3.8, 4) is 0 Å². The van der Waals surface area contributed by atoms with Crippen LogP contribution in [0.5, 0.6) is 0 Å². The highest BCUT2D eigenvalue weighted by Gasteiger charge is 2.15. The van der Waals surface area contributed by atoms with E-state index in [1.165, 1.54) is 29.8 Å². The predicted octanol–water partition coefficient (Wildman–Crippen LogP) is 3.46. The quantitative estimate of drug-likeness (QED) is 0.477. The second-order valence-corrected chi connectivity index (χ2v) is 8.47. The Labute approximate surface area is 179 Å². The van der Waals surface area contributed by atoms with Crippen LogP contribution < -0.4 is 15.4 Å². The van der Waals surface area contributed by atoms with Crippen molar-refractivity contribution >= 4 is 50.5 Å². The van der Waals surface area contributed by atoms with Crippen molar-refractivity contribution in [2.24, 2.45) is 0 Å². The monoisotopic (exact) mass is 447 g/mol. The van der Waals surface area contributed by atoms with E-state index in [9.17, 15) is 8.42 Å². The van der Waals surface area contributed by atoms with Gasteiger partial charge in [-0.3, -0.25) is 4.72 Å². The minimum Gasteiger partial charge on any atom is -0.362 e. The number of aromatic nitrogens is 2. The first-order valence-corrected chi connectivity index (χ1v) is 10.9. The number of thiocarbonyl (C=S) groups is 1. The van der Waals surface area contributed by atoms with Crippen molar-refractivity contribution in [3.05, 3.63) is 77.4 Å². The van der Waals surface area contributed by atoms with Crippen LogP contribution in [0.2, 0.25) is 5.15 Å². The van der Waals surface area contributed by atoms with Crippen molar-refractivity contribution in [2.45, 2.75) is 11.3 Å². The summed E-state index contributed by atoms with van der Waals surface area (Å²) in [6.07, 6.45) is 0.846. The van der Waals surface area contributed by atoms with Gasteiger partial charge in [-0.1, -0.05) is 41.9 Å². The first-order valence-electron chi connectivity index (χ1n) is 8.63. The fourth-order valence-electron chi connectivity index (χ4n) is 2.42. The molecule has 0 saturated carbocycles. The van der Waals surface area contributed by atoms with Crippen molar-refractivity contribution in [3.63, 3.8) is 0 Å². The molecule has 29 heavy (non-hydrogen) atoms. The molecule has 7 nitrogen and oxygen atoms in total. The van der Waals surface area contributed by atoms with E-state index in [1.54, 1.807) is 12.1 Å². The average Bonchev–Trinajstić information content (AvgIpc) is 2.71. The number of nitrogens with zero attached hydrogens (tertiary/aromatic N) is 2. The summed E-state index contributed by atoms with van der Waals surface area (Å²) < 4.78 is 27.2. The first kappa shape index (κ1) is 21.0. The summed E-state index contributed by atoms with van der Waals surface area (Å²) in [5.74, 6) is 0.0837. The van der Waals surface area contributed by atoms with Gasteiger partial charge < -0.3 is 10.6 Å². The zero-order valence-electron chi connectivity index (χ0n) is 15.2. The SMILES string of the molecule is O=S(=O)(Nc1ccc(Cl)nn1)c1ccc(NC(=S)NCCc2ccccc2)cc1. The zero-order chi connectivity index (χ0) is 20.7. The zero-order valence-corrected chi connectivity index (χ0v) is 17.6. The first-order chi connectivity index (χ1) is 13.9. The summed E-state index contributed by atoms with van der Waals surface area (Å²) in [7, 11) is -3.79. The van der Waals surface area contributed by atoms with Gasteiger partial charge in [0, 0.05) is 12.2 Å². The maximum Gasteiger partial charge on any atom is 0.263 e. The largest absolute Gasteiger partial charge is 0.362 e. The minimum atomic E-state index is -3.79. The van der Waals surface area contributed by atoms with Crippen molar-refractivity contribution in [1.29, 1.82) is 0 Å². The van der Waals surface area contributed by atoms with E-state index in [2.05, 4.69) is 37.7 Å². The summed E-state index contributed by atoms with van der Waals surface area (Å²) in [6, 6.07) is 19.2. The Bertz CT molecular complexity index is 1060. The van der Waals surface area contributed by atoms with Crippen LogP contribution in [0, 0.1) is 0 Å². The highest BCUT2D eigenvalue weighted by molar-refractivity contribution is 7.92. The summed E-state index contributed by atoms with van der Waals surface area (Å²) in [5, 5.41) is 14.1. The van der Waals surface area contributed by atoms with Crippen LogP contribution in [0.25, 0.3) is 0 Å². The molecule has 0 radical (unpaired) electrons. The van der Waals surface area contributed by atoms with E-state index < -0.39 is 10.0 Å². The van der Waals surface area contributed by atoms with E-state index in [0.717, 1.165) is 6.42 Å². The number of rotatable bonds is 7. The molecule has 0 bridgehead atoms. The van der Waals surface area contributed by atoms with Gasteiger partial charge in [-0.05, 0) is 60.6 Å². The molecule has 0 aliphatic carbocycles. The second-order valence-electron chi connectivity index (χ2n) is 5.99. The molecule has 1 aromatic heterocycles. The van der Waals surface area contributed by atoms with Crippen molar-refractivity contribution < 1.29 is 8.42 Å². The van der Waals surface area contributed by atoms with E-state index in [-0.39, 0.29) is 15.9 Å². The van der Waals surface area contributed by atoms with E-state index in [1.807, 2.05) is 18.2 Å². The van der Waals surface area contributed by atoms with Gasteiger partial charge in [0.05, 0.1) is 4.90 Å². The molecule has 3 aromatic rings. The smallest absolute Gasteiger partial charge is 0.263 e. The molecule has 0 aliphatic heterocycles. The summed E-state index contributed by atoms with van der Waals surface area (Å²) in [5.41, 5.74) is 1.89. The molecule has 0 atom stereocenters. The minimum absolute atomic E-state index is 0.0837. The van der Waals surface area contributed by atoms with Crippen molar-refractivity contribution in [2.75, 3.05) is 16.6 Å². The maximum absolute atomic E-state index is 12.4. The Hall–Kier alpha value is -2.75. The maximum atomic E-state index is 12.4.